The molecule has 0 heterocycles. The quantitative estimate of drug-likeness (QED) is 0.486. The number of nitrogens with zero attached hydrogens (tertiary/aromatic N) is 1. The van der Waals surface area contributed by atoms with Crippen LogP contribution in [0.1, 0.15) is 13.8 Å². The molecule has 0 fully saturated rings. The Kier molecular flexibility index (Phi) is 5.79. The van der Waals surface area contributed by atoms with Crippen molar-refractivity contribution in [3.63, 3.8) is 0 Å². The number of carbonyl (C=O) groups is 2. The Bertz CT molecular complexity index is 277. The van der Waals surface area contributed by atoms with Gasteiger partial charge in [-0.1, -0.05) is 0 Å². The second-order valence-corrected chi connectivity index (χ2v) is 2.29. The zero-order valence-electron chi connectivity index (χ0n) is 8.02. The van der Waals surface area contributed by atoms with E-state index in [1.54, 1.807) is 13.0 Å². The first kappa shape index (κ1) is 12.2. The van der Waals surface area contributed by atoms with E-state index in [2.05, 4.69) is 9.47 Å². The molecule has 14 heavy (non-hydrogen) atoms. The average Bonchev–Trinajstić information content (AvgIpc) is 2.15. The van der Waals surface area contributed by atoms with Crippen LogP contribution in [0.2, 0.25) is 0 Å². The van der Waals surface area contributed by atoms with Crippen LogP contribution in [0.15, 0.2) is 12.2 Å². The summed E-state index contributed by atoms with van der Waals surface area (Å²) >= 11 is 0. The van der Waals surface area contributed by atoms with Gasteiger partial charge in [0.1, 0.15) is 6.07 Å². The molecule has 0 spiro atoms. The predicted octanol–water partition coefficient (Wildman–Crippen LogP) is 0.561. The Morgan fingerprint density at radius 2 is 2.00 bits per heavy atom. The largest absolute Gasteiger partial charge is 0.463 e. The molecule has 0 aliphatic carbocycles. The van der Waals surface area contributed by atoms with E-state index < -0.39 is 18.0 Å². The van der Waals surface area contributed by atoms with Crippen molar-refractivity contribution < 1.29 is 19.1 Å². The van der Waals surface area contributed by atoms with Crippen LogP contribution >= 0.6 is 0 Å². The van der Waals surface area contributed by atoms with Gasteiger partial charge in [-0.05, 0) is 13.8 Å². The van der Waals surface area contributed by atoms with Gasteiger partial charge in [0.25, 0.3) is 0 Å². The third-order valence-corrected chi connectivity index (χ3v) is 1.12. The molecule has 0 aromatic rings. The molecule has 0 aromatic heterocycles. The number of nitriles is 1. The number of esters is 2. The maximum Gasteiger partial charge on any atom is 0.332 e. The summed E-state index contributed by atoms with van der Waals surface area (Å²) in [5.74, 6) is -1.36. The number of carbonyl (C=O) groups excluding carboxylic acids is 2. The van der Waals surface area contributed by atoms with Crippen molar-refractivity contribution >= 4 is 11.9 Å². The molecule has 5 heteroatoms. The van der Waals surface area contributed by atoms with Crippen molar-refractivity contribution in [2.24, 2.45) is 0 Å². The summed E-state index contributed by atoms with van der Waals surface area (Å²) in [5.41, 5.74) is 0. The number of rotatable bonds is 4. The van der Waals surface area contributed by atoms with E-state index >= 15 is 0 Å². The Labute approximate surface area is 81.9 Å². The maximum absolute atomic E-state index is 10.9. The van der Waals surface area contributed by atoms with Crippen molar-refractivity contribution in [2.45, 2.75) is 20.0 Å². The summed E-state index contributed by atoms with van der Waals surface area (Å²) in [6.07, 6.45) is 1.05. The van der Waals surface area contributed by atoms with Gasteiger partial charge in [-0.3, -0.25) is 0 Å². The zero-order chi connectivity index (χ0) is 11.0. The SMILES string of the molecule is CCOC(=O)/C=C\C(=O)OC(C)C#N. The first-order valence-electron chi connectivity index (χ1n) is 4.05. The Balaban J connectivity index is 3.94. The minimum atomic E-state index is -0.825. The molecule has 0 radical (unpaired) electrons. The van der Waals surface area contributed by atoms with E-state index in [-0.39, 0.29) is 6.61 Å². The Hall–Kier alpha value is -1.83. The first-order chi connectivity index (χ1) is 6.60. The fourth-order valence-corrected chi connectivity index (χ4v) is 0.566. The molecule has 0 N–H and O–H groups in total. The minimum Gasteiger partial charge on any atom is -0.463 e. The summed E-state index contributed by atoms with van der Waals surface area (Å²) in [7, 11) is 0. The summed E-state index contributed by atoms with van der Waals surface area (Å²) in [4.78, 5) is 21.6. The van der Waals surface area contributed by atoms with Gasteiger partial charge < -0.3 is 9.47 Å². The standard InChI is InChI=1S/C9H11NO4/c1-3-13-8(11)4-5-9(12)14-7(2)6-10/h4-5,7H,3H2,1-2H3/b5-4-. The molecule has 0 aromatic carbocycles. The lowest BCUT2D eigenvalue weighted by Gasteiger charge is -2.01. The van der Waals surface area contributed by atoms with Gasteiger partial charge in [0.2, 0.25) is 0 Å². The molecule has 0 bridgehead atoms. The van der Waals surface area contributed by atoms with Crippen molar-refractivity contribution in [2.75, 3.05) is 6.61 Å². The third-order valence-electron chi connectivity index (χ3n) is 1.12. The summed E-state index contributed by atoms with van der Waals surface area (Å²) in [6.45, 7) is 3.32. The van der Waals surface area contributed by atoms with Crippen LogP contribution in [0.3, 0.4) is 0 Å². The highest BCUT2D eigenvalue weighted by atomic mass is 16.5. The monoisotopic (exact) mass is 197 g/mol. The van der Waals surface area contributed by atoms with E-state index in [1.807, 2.05) is 0 Å². The molecular formula is C9H11NO4. The van der Waals surface area contributed by atoms with Gasteiger partial charge in [0, 0.05) is 12.2 Å². The Morgan fingerprint density at radius 1 is 1.43 bits per heavy atom. The van der Waals surface area contributed by atoms with Crippen LogP contribution in [-0.4, -0.2) is 24.6 Å². The minimum absolute atomic E-state index is 0.243. The van der Waals surface area contributed by atoms with Gasteiger partial charge in [-0.2, -0.15) is 5.26 Å². The van der Waals surface area contributed by atoms with Crippen LogP contribution in [0.5, 0.6) is 0 Å². The highest BCUT2D eigenvalue weighted by Crippen LogP contribution is 1.91. The van der Waals surface area contributed by atoms with Crippen molar-refractivity contribution in [3.8, 4) is 6.07 Å². The smallest absolute Gasteiger partial charge is 0.332 e. The molecule has 1 unspecified atom stereocenters. The lowest BCUT2D eigenvalue weighted by molar-refractivity contribution is -0.141. The molecule has 0 saturated carbocycles. The van der Waals surface area contributed by atoms with Gasteiger partial charge in [-0.15, -0.1) is 0 Å². The third kappa shape index (κ3) is 5.77. The second-order valence-electron chi connectivity index (χ2n) is 2.29. The molecule has 5 nitrogen and oxygen atoms in total. The van der Waals surface area contributed by atoms with E-state index in [0.717, 1.165) is 12.2 Å². The topological polar surface area (TPSA) is 76.4 Å². The lowest BCUT2D eigenvalue weighted by Crippen LogP contribution is -2.11. The van der Waals surface area contributed by atoms with Crippen LogP contribution in [0, 0.1) is 11.3 Å². The highest BCUT2D eigenvalue weighted by molar-refractivity contribution is 5.91. The predicted molar refractivity (Wildman–Crippen MR) is 46.9 cm³/mol. The summed E-state index contributed by atoms with van der Waals surface area (Å²) < 4.78 is 9.06. The van der Waals surface area contributed by atoms with Crippen molar-refractivity contribution in [3.05, 3.63) is 12.2 Å². The van der Waals surface area contributed by atoms with E-state index in [9.17, 15) is 9.59 Å². The van der Waals surface area contributed by atoms with Crippen LogP contribution < -0.4 is 0 Å². The van der Waals surface area contributed by atoms with Crippen LogP contribution in [0.25, 0.3) is 0 Å². The molecule has 76 valence electrons. The van der Waals surface area contributed by atoms with E-state index in [4.69, 9.17) is 5.26 Å². The molecule has 0 saturated heterocycles. The number of ether oxygens (including phenoxy) is 2. The van der Waals surface area contributed by atoms with Gasteiger partial charge >= 0.3 is 11.9 Å². The summed E-state index contributed by atoms with van der Waals surface area (Å²) in [6, 6.07) is 1.72. The normalized spacial score (nSPS) is 11.8. The Morgan fingerprint density at radius 3 is 2.50 bits per heavy atom. The van der Waals surface area contributed by atoms with Gasteiger partial charge in [0.15, 0.2) is 6.10 Å². The average molecular weight is 197 g/mol. The molecule has 0 aliphatic rings. The molecular weight excluding hydrogens is 186 g/mol. The maximum atomic E-state index is 10.9. The van der Waals surface area contributed by atoms with Crippen molar-refractivity contribution in [1.29, 1.82) is 5.26 Å². The first-order valence-corrected chi connectivity index (χ1v) is 4.05. The zero-order valence-corrected chi connectivity index (χ0v) is 8.02. The number of hydrogen-bond donors (Lipinski definition) is 0. The lowest BCUT2D eigenvalue weighted by atomic mass is 10.4. The van der Waals surface area contributed by atoms with E-state index in [1.165, 1.54) is 6.92 Å². The molecule has 0 amide bonds. The molecule has 1 atom stereocenters. The van der Waals surface area contributed by atoms with Gasteiger partial charge in [-0.25, -0.2) is 9.59 Å². The number of hydrogen-bond acceptors (Lipinski definition) is 5. The van der Waals surface area contributed by atoms with Crippen LogP contribution in [-0.2, 0) is 19.1 Å². The van der Waals surface area contributed by atoms with Gasteiger partial charge in [0.05, 0.1) is 6.61 Å². The summed E-state index contributed by atoms with van der Waals surface area (Å²) in [5, 5.41) is 8.30. The fourth-order valence-electron chi connectivity index (χ4n) is 0.566. The van der Waals surface area contributed by atoms with Crippen molar-refractivity contribution in [1.82, 2.24) is 0 Å². The van der Waals surface area contributed by atoms with E-state index in [0.29, 0.717) is 0 Å². The fraction of sp³-hybridized carbons (Fsp3) is 0.444. The molecule has 0 rings (SSSR count). The second kappa shape index (κ2) is 6.66. The van der Waals surface area contributed by atoms with Crippen LogP contribution in [0.4, 0.5) is 0 Å². The highest BCUT2D eigenvalue weighted by Gasteiger charge is 2.04. The molecule has 0 aliphatic heterocycles.